The molecule has 4 rings (SSSR count). The number of anilines is 2. The van der Waals surface area contributed by atoms with Gasteiger partial charge in [0.1, 0.15) is 5.76 Å². The highest BCUT2D eigenvalue weighted by atomic mass is 16.3. The molecule has 0 aliphatic heterocycles. The molecule has 1 fully saturated rings. The maximum Gasteiger partial charge on any atom is 0.123 e. The van der Waals surface area contributed by atoms with Gasteiger partial charge in [-0.05, 0) is 37.1 Å². The Bertz CT molecular complexity index is 763. The first kappa shape index (κ1) is 12.3. The first-order chi connectivity index (χ1) is 10.3. The number of fused-ring (bicyclic) bond motifs is 1. The molecule has 2 heterocycles. The normalized spacial score (nSPS) is 14.5. The molecule has 0 bridgehead atoms. The lowest BCUT2D eigenvalue weighted by atomic mass is 10.1. The van der Waals surface area contributed by atoms with Crippen LogP contribution in [0.15, 0.2) is 53.4 Å². The van der Waals surface area contributed by atoms with Gasteiger partial charge < -0.3 is 15.1 Å². The minimum Gasteiger partial charge on any atom is -0.467 e. The Hall–Kier alpha value is -2.49. The minimum atomic E-state index is 0.566. The molecular weight excluding hydrogens is 262 g/mol. The van der Waals surface area contributed by atoms with E-state index in [1.807, 2.05) is 24.4 Å². The van der Waals surface area contributed by atoms with Crippen LogP contribution >= 0.6 is 0 Å². The summed E-state index contributed by atoms with van der Waals surface area (Å²) in [4.78, 5) is 6.51. The molecule has 1 aromatic carbocycles. The van der Waals surface area contributed by atoms with E-state index in [-0.39, 0.29) is 0 Å². The molecule has 0 radical (unpaired) electrons. The van der Waals surface area contributed by atoms with E-state index in [0.717, 1.165) is 34.5 Å². The summed E-state index contributed by atoms with van der Waals surface area (Å²) in [5.74, 6) is 0.969. The number of hydrogen-bond donors (Lipinski definition) is 1. The average molecular weight is 279 g/mol. The summed E-state index contributed by atoms with van der Waals surface area (Å²) in [5, 5.41) is 2.14. The maximum atomic E-state index is 6.41. The molecule has 4 nitrogen and oxygen atoms in total. The van der Waals surface area contributed by atoms with E-state index in [2.05, 4.69) is 22.0 Å². The third kappa shape index (κ3) is 2.23. The van der Waals surface area contributed by atoms with E-state index >= 15 is 0 Å². The van der Waals surface area contributed by atoms with Crippen LogP contribution in [0, 0.1) is 0 Å². The summed E-state index contributed by atoms with van der Waals surface area (Å²) in [5.41, 5.74) is 8.33. The van der Waals surface area contributed by atoms with Gasteiger partial charge in [0, 0.05) is 29.2 Å². The number of hydrogen-bond acceptors (Lipinski definition) is 4. The van der Waals surface area contributed by atoms with Crippen LogP contribution in [-0.2, 0) is 6.54 Å². The molecule has 2 N–H and O–H groups in total. The molecule has 4 heteroatoms. The summed E-state index contributed by atoms with van der Waals surface area (Å²) in [7, 11) is 0. The zero-order valence-corrected chi connectivity index (χ0v) is 11.7. The fourth-order valence-electron chi connectivity index (χ4n) is 2.80. The second-order valence-corrected chi connectivity index (χ2v) is 5.53. The summed E-state index contributed by atoms with van der Waals surface area (Å²) >= 11 is 0. The summed E-state index contributed by atoms with van der Waals surface area (Å²) < 4.78 is 5.50. The highest BCUT2D eigenvalue weighted by Crippen LogP contribution is 2.38. The highest BCUT2D eigenvalue weighted by Gasteiger charge is 2.31. The summed E-state index contributed by atoms with van der Waals surface area (Å²) in [6.45, 7) is 0.762. The molecule has 21 heavy (non-hydrogen) atoms. The second kappa shape index (κ2) is 4.81. The molecule has 0 unspecified atom stereocenters. The Kier molecular flexibility index (Phi) is 2.81. The molecule has 1 saturated carbocycles. The van der Waals surface area contributed by atoms with Crippen LogP contribution in [0.2, 0.25) is 0 Å². The largest absolute Gasteiger partial charge is 0.467 e. The maximum absolute atomic E-state index is 6.41. The van der Waals surface area contributed by atoms with Gasteiger partial charge in [-0.25, -0.2) is 0 Å². The van der Waals surface area contributed by atoms with Crippen molar-refractivity contribution in [2.45, 2.75) is 25.4 Å². The van der Waals surface area contributed by atoms with Gasteiger partial charge >= 0.3 is 0 Å². The van der Waals surface area contributed by atoms with Gasteiger partial charge in [-0.2, -0.15) is 0 Å². The molecule has 1 aliphatic rings. The van der Waals surface area contributed by atoms with Crippen molar-refractivity contribution in [2.75, 3.05) is 10.6 Å². The molecule has 106 valence electrons. The van der Waals surface area contributed by atoms with Crippen LogP contribution in [0.3, 0.4) is 0 Å². The lowest BCUT2D eigenvalue weighted by Crippen LogP contribution is -2.25. The average Bonchev–Trinajstić information content (AvgIpc) is 3.23. The number of rotatable bonds is 4. The fourth-order valence-corrected chi connectivity index (χ4v) is 2.80. The molecule has 0 saturated heterocycles. The standard InChI is InChI=1S/C17H17N3O/c18-17-15-7-8-19-10-12(15)3-6-16(17)20(13-4-5-13)11-14-2-1-9-21-14/h1-3,6-10,13H,4-5,11,18H2. The Labute approximate surface area is 123 Å². The van der Waals surface area contributed by atoms with Crippen LogP contribution in [0.5, 0.6) is 0 Å². The van der Waals surface area contributed by atoms with Crippen molar-refractivity contribution >= 4 is 22.1 Å². The van der Waals surface area contributed by atoms with Crippen molar-refractivity contribution in [1.82, 2.24) is 4.98 Å². The van der Waals surface area contributed by atoms with Crippen LogP contribution in [0.4, 0.5) is 11.4 Å². The third-order valence-corrected chi connectivity index (χ3v) is 4.04. The third-order valence-electron chi connectivity index (χ3n) is 4.04. The van der Waals surface area contributed by atoms with E-state index in [9.17, 15) is 0 Å². The predicted molar refractivity (Wildman–Crippen MR) is 84.1 cm³/mol. The van der Waals surface area contributed by atoms with Crippen LogP contribution in [0.1, 0.15) is 18.6 Å². The Morgan fingerprint density at radius 2 is 2.14 bits per heavy atom. The van der Waals surface area contributed by atoms with Crippen LogP contribution in [0.25, 0.3) is 10.8 Å². The molecule has 0 spiro atoms. The fraction of sp³-hybridized carbons (Fsp3) is 0.235. The predicted octanol–water partition coefficient (Wildman–Crippen LogP) is 3.58. The van der Waals surface area contributed by atoms with Gasteiger partial charge in [0.15, 0.2) is 0 Å². The van der Waals surface area contributed by atoms with Crippen molar-refractivity contribution in [3.05, 3.63) is 54.7 Å². The van der Waals surface area contributed by atoms with Gasteiger partial charge in [-0.1, -0.05) is 6.07 Å². The van der Waals surface area contributed by atoms with E-state index < -0.39 is 0 Å². The van der Waals surface area contributed by atoms with Crippen molar-refractivity contribution in [3.8, 4) is 0 Å². The first-order valence-corrected chi connectivity index (χ1v) is 7.24. The minimum absolute atomic E-state index is 0.566. The van der Waals surface area contributed by atoms with E-state index in [1.54, 1.807) is 12.5 Å². The smallest absolute Gasteiger partial charge is 0.123 e. The zero-order valence-electron chi connectivity index (χ0n) is 11.7. The number of benzene rings is 1. The zero-order chi connectivity index (χ0) is 14.2. The van der Waals surface area contributed by atoms with E-state index in [1.165, 1.54) is 12.8 Å². The van der Waals surface area contributed by atoms with Gasteiger partial charge in [0.2, 0.25) is 0 Å². The molecule has 1 aliphatic carbocycles. The summed E-state index contributed by atoms with van der Waals surface area (Å²) in [6, 6.07) is 10.7. The first-order valence-electron chi connectivity index (χ1n) is 7.24. The van der Waals surface area contributed by atoms with Gasteiger partial charge in [0.25, 0.3) is 0 Å². The molecular formula is C17H17N3O. The lowest BCUT2D eigenvalue weighted by Gasteiger charge is -2.25. The molecule has 0 amide bonds. The van der Waals surface area contributed by atoms with Crippen molar-refractivity contribution < 1.29 is 4.42 Å². The lowest BCUT2D eigenvalue weighted by molar-refractivity contribution is 0.501. The van der Waals surface area contributed by atoms with Crippen molar-refractivity contribution in [2.24, 2.45) is 0 Å². The molecule has 0 atom stereocenters. The number of furan rings is 1. The quantitative estimate of drug-likeness (QED) is 0.742. The van der Waals surface area contributed by atoms with Gasteiger partial charge in [-0.3, -0.25) is 4.98 Å². The van der Waals surface area contributed by atoms with E-state index in [4.69, 9.17) is 10.2 Å². The van der Waals surface area contributed by atoms with Crippen molar-refractivity contribution in [1.29, 1.82) is 0 Å². The Balaban J connectivity index is 1.77. The van der Waals surface area contributed by atoms with Crippen LogP contribution < -0.4 is 10.6 Å². The Morgan fingerprint density at radius 3 is 2.90 bits per heavy atom. The molecule has 3 aromatic rings. The number of nitrogens with zero attached hydrogens (tertiary/aromatic N) is 2. The van der Waals surface area contributed by atoms with Crippen LogP contribution in [-0.4, -0.2) is 11.0 Å². The van der Waals surface area contributed by atoms with E-state index in [0.29, 0.717) is 6.04 Å². The van der Waals surface area contributed by atoms with Gasteiger partial charge in [-0.15, -0.1) is 0 Å². The topological polar surface area (TPSA) is 55.3 Å². The highest BCUT2D eigenvalue weighted by molar-refractivity contribution is 5.98. The Morgan fingerprint density at radius 1 is 1.24 bits per heavy atom. The number of nitrogen functional groups attached to an aromatic ring is 1. The number of pyridine rings is 1. The van der Waals surface area contributed by atoms with Gasteiger partial charge in [0.05, 0.1) is 24.2 Å². The second-order valence-electron chi connectivity index (χ2n) is 5.53. The number of aromatic nitrogens is 1. The molecule has 2 aromatic heterocycles. The van der Waals surface area contributed by atoms with Crippen molar-refractivity contribution in [3.63, 3.8) is 0 Å². The monoisotopic (exact) mass is 279 g/mol. The summed E-state index contributed by atoms with van der Waals surface area (Å²) in [6.07, 6.45) is 7.79. The number of nitrogens with two attached hydrogens (primary N) is 1. The SMILES string of the molecule is Nc1c(N(Cc2ccco2)C2CC2)ccc2cnccc12.